The zero-order chi connectivity index (χ0) is 21.3. The van der Waals surface area contributed by atoms with Crippen molar-refractivity contribution in [2.24, 2.45) is 5.73 Å². The Morgan fingerprint density at radius 2 is 2.00 bits per heavy atom. The molecule has 0 saturated heterocycles. The van der Waals surface area contributed by atoms with Gasteiger partial charge in [-0.15, -0.1) is 0 Å². The third-order valence-electron chi connectivity index (χ3n) is 5.20. The fraction of sp³-hybridized carbons (Fsp3) is 0.217. The number of nitriles is 1. The molecular weight excluding hydrogens is 407 g/mol. The fourth-order valence-electron chi connectivity index (χ4n) is 3.75. The van der Waals surface area contributed by atoms with Crippen LogP contribution in [-0.4, -0.2) is 5.78 Å². The van der Waals surface area contributed by atoms with Gasteiger partial charge in [-0.3, -0.25) is 4.79 Å². The molecule has 0 bridgehead atoms. The summed E-state index contributed by atoms with van der Waals surface area (Å²) < 4.78 is 24.4. The zero-order valence-corrected chi connectivity index (χ0v) is 16.7. The lowest BCUT2D eigenvalue weighted by Gasteiger charge is -2.31. The molecule has 0 fully saturated rings. The number of nitrogens with zero attached hydrogens (tertiary/aromatic N) is 1. The van der Waals surface area contributed by atoms with Gasteiger partial charge in [0.05, 0.1) is 10.9 Å². The van der Waals surface area contributed by atoms with Crippen LogP contribution in [0.2, 0.25) is 5.02 Å². The maximum absolute atomic E-state index is 13.0. The minimum Gasteiger partial charge on any atom is -0.487 e. The van der Waals surface area contributed by atoms with Gasteiger partial charge < -0.3 is 15.2 Å². The highest BCUT2D eigenvalue weighted by Gasteiger charge is 2.38. The Bertz CT molecular complexity index is 1120. The van der Waals surface area contributed by atoms with Gasteiger partial charge in [-0.05, 0) is 41.8 Å². The number of allylic oxidation sites excluding steroid dienone is 3. The second-order valence-electron chi connectivity index (χ2n) is 7.14. The number of Topliss-reactive ketones (excluding diaryl/α,β-unsaturated/α-hetero) is 1. The molecule has 2 N–H and O–H groups in total. The Labute approximate surface area is 178 Å². The van der Waals surface area contributed by atoms with E-state index in [-0.39, 0.29) is 29.7 Å². The Morgan fingerprint density at radius 3 is 2.70 bits per heavy atom. The molecule has 30 heavy (non-hydrogen) atoms. The molecule has 1 atom stereocenters. The quantitative estimate of drug-likeness (QED) is 0.756. The number of ether oxygens (including phenoxy) is 2. The Morgan fingerprint density at radius 1 is 1.23 bits per heavy atom. The van der Waals surface area contributed by atoms with Crippen molar-refractivity contribution in [3.8, 4) is 11.8 Å². The summed E-state index contributed by atoms with van der Waals surface area (Å²) in [5, 5.41) is 9.97. The molecule has 1 aliphatic heterocycles. The molecule has 0 aromatic heterocycles. The third kappa shape index (κ3) is 3.77. The monoisotopic (exact) mass is 424 g/mol. The summed E-state index contributed by atoms with van der Waals surface area (Å²) in [6, 6.07) is 13.2. The maximum Gasteiger partial charge on any atom is 0.205 e. The van der Waals surface area contributed by atoms with E-state index in [0.717, 1.165) is 5.56 Å². The van der Waals surface area contributed by atoms with Crippen LogP contribution in [0.4, 0.5) is 4.39 Å². The fourth-order valence-corrected chi connectivity index (χ4v) is 3.99. The Hall–Kier alpha value is -3.30. The van der Waals surface area contributed by atoms with E-state index in [9.17, 15) is 14.4 Å². The summed E-state index contributed by atoms with van der Waals surface area (Å²) in [5.74, 6) is 0.00858. The summed E-state index contributed by atoms with van der Waals surface area (Å²) >= 11 is 6.43. The van der Waals surface area contributed by atoms with Gasteiger partial charge in [0.15, 0.2) is 5.78 Å². The average molecular weight is 425 g/mol. The summed E-state index contributed by atoms with van der Waals surface area (Å²) in [5.41, 5.74) is 8.10. The van der Waals surface area contributed by atoms with Gasteiger partial charge in [-0.25, -0.2) is 4.39 Å². The number of ketones is 1. The van der Waals surface area contributed by atoms with Crippen molar-refractivity contribution in [3.05, 3.63) is 87.2 Å². The van der Waals surface area contributed by atoms with Crippen molar-refractivity contribution in [2.75, 3.05) is 0 Å². The summed E-state index contributed by atoms with van der Waals surface area (Å²) in [7, 11) is 0. The highest BCUT2D eigenvalue weighted by Crippen LogP contribution is 2.44. The first-order valence-electron chi connectivity index (χ1n) is 9.48. The van der Waals surface area contributed by atoms with Crippen LogP contribution >= 0.6 is 11.6 Å². The molecule has 7 heteroatoms. The molecule has 2 aromatic rings. The summed E-state index contributed by atoms with van der Waals surface area (Å²) in [4.78, 5) is 12.6. The number of nitrogens with two attached hydrogens (primary N) is 1. The molecule has 152 valence electrons. The Balaban J connectivity index is 1.64. The minimum atomic E-state index is -0.616. The van der Waals surface area contributed by atoms with E-state index in [1.54, 1.807) is 30.3 Å². The van der Waals surface area contributed by atoms with Crippen LogP contribution in [0.25, 0.3) is 0 Å². The van der Waals surface area contributed by atoms with Crippen LogP contribution in [-0.2, 0) is 16.1 Å². The first kappa shape index (κ1) is 20.0. The molecule has 2 aromatic carbocycles. The number of benzene rings is 2. The highest BCUT2D eigenvalue weighted by atomic mass is 35.5. The van der Waals surface area contributed by atoms with Gasteiger partial charge in [-0.2, -0.15) is 5.26 Å². The molecule has 1 aliphatic carbocycles. The van der Waals surface area contributed by atoms with Gasteiger partial charge >= 0.3 is 0 Å². The van der Waals surface area contributed by atoms with E-state index in [0.29, 0.717) is 46.9 Å². The van der Waals surface area contributed by atoms with Crippen molar-refractivity contribution in [1.82, 2.24) is 0 Å². The molecule has 2 aliphatic rings. The minimum absolute atomic E-state index is 0.0173. The van der Waals surface area contributed by atoms with Crippen LogP contribution in [0.3, 0.4) is 0 Å². The van der Waals surface area contributed by atoms with E-state index in [1.807, 2.05) is 0 Å². The normalized spacial score (nSPS) is 18.6. The van der Waals surface area contributed by atoms with Crippen LogP contribution in [0.5, 0.6) is 5.75 Å². The summed E-state index contributed by atoms with van der Waals surface area (Å²) in [6.07, 6.45) is 1.70. The number of halogens is 2. The number of carbonyl (C=O) groups excluding carboxylic acids is 1. The lowest BCUT2D eigenvalue weighted by atomic mass is 9.77. The largest absolute Gasteiger partial charge is 0.487 e. The van der Waals surface area contributed by atoms with Crippen molar-refractivity contribution in [1.29, 1.82) is 5.26 Å². The van der Waals surface area contributed by atoms with E-state index in [4.69, 9.17) is 26.8 Å². The number of carbonyl (C=O) groups is 1. The van der Waals surface area contributed by atoms with Crippen LogP contribution in [0, 0.1) is 17.1 Å². The average Bonchev–Trinajstić information content (AvgIpc) is 2.73. The standard InChI is InChI=1S/C23H18ClFN2O3/c24-17-10-14(6-9-19(17)29-12-13-4-7-15(25)8-5-13)21-16(11-26)23(27)30-20-3-1-2-18(28)22(20)21/h4-10,21H,1-3,12,27H2/t21-/m1/s1. The van der Waals surface area contributed by atoms with Crippen LogP contribution < -0.4 is 10.5 Å². The van der Waals surface area contributed by atoms with Crippen molar-refractivity contribution in [2.45, 2.75) is 31.8 Å². The van der Waals surface area contributed by atoms with Gasteiger partial charge in [0.25, 0.3) is 0 Å². The maximum atomic E-state index is 13.0. The molecule has 4 rings (SSSR count). The van der Waals surface area contributed by atoms with Gasteiger partial charge in [0, 0.05) is 18.4 Å². The van der Waals surface area contributed by atoms with Crippen molar-refractivity contribution >= 4 is 17.4 Å². The second-order valence-corrected chi connectivity index (χ2v) is 7.55. The molecule has 0 saturated carbocycles. The van der Waals surface area contributed by atoms with Gasteiger partial charge in [0.2, 0.25) is 5.88 Å². The first-order chi connectivity index (χ1) is 14.5. The highest BCUT2D eigenvalue weighted by molar-refractivity contribution is 6.32. The lowest BCUT2D eigenvalue weighted by Crippen LogP contribution is -2.27. The number of rotatable bonds is 4. The molecule has 0 unspecified atom stereocenters. The van der Waals surface area contributed by atoms with Gasteiger partial charge in [-0.1, -0.05) is 29.8 Å². The summed E-state index contributed by atoms with van der Waals surface area (Å²) in [6.45, 7) is 0.223. The van der Waals surface area contributed by atoms with E-state index in [2.05, 4.69) is 6.07 Å². The number of hydrogen-bond acceptors (Lipinski definition) is 5. The van der Waals surface area contributed by atoms with E-state index in [1.165, 1.54) is 12.1 Å². The molecule has 0 radical (unpaired) electrons. The Kier molecular flexibility index (Phi) is 5.47. The lowest BCUT2D eigenvalue weighted by molar-refractivity contribution is -0.116. The SMILES string of the molecule is N#CC1=C(N)OC2=C(C(=O)CCC2)[C@@H]1c1ccc(OCc2ccc(F)cc2)c(Cl)c1. The van der Waals surface area contributed by atoms with Crippen molar-refractivity contribution < 1.29 is 18.7 Å². The predicted octanol–water partition coefficient (Wildman–Crippen LogP) is 4.87. The smallest absolute Gasteiger partial charge is 0.205 e. The molecule has 5 nitrogen and oxygen atoms in total. The molecule has 0 spiro atoms. The van der Waals surface area contributed by atoms with Crippen LogP contribution in [0.1, 0.15) is 36.3 Å². The molecule has 1 heterocycles. The van der Waals surface area contributed by atoms with E-state index < -0.39 is 5.92 Å². The van der Waals surface area contributed by atoms with Gasteiger partial charge in [0.1, 0.15) is 35.6 Å². The predicted molar refractivity (Wildman–Crippen MR) is 109 cm³/mol. The van der Waals surface area contributed by atoms with Crippen LogP contribution in [0.15, 0.2) is 65.3 Å². The first-order valence-corrected chi connectivity index (χ1v) is 9.86. The number of hydrogen-bond donors (Lipinski definition) is 1. The van der Waals surface area contributed by atoms with E-state index >= 15 is 0 Å². The molecular formula is C23H18ClFN2O3. The van der Waals surface area contributed by atoms with Crippen molar-refractivity contribution in [3.63, 3.8) is 0 Å². The second kappa shape index (κ2) is 8.21. The molecule has 0 amide bonds. The topological polar surface area (TPSA) is 85.3 Å². The zero-order valence-electron chi connectivity index (χ0n) is 16.0. The third-order valence-corrected chi connectivity index (χ3v) is 5.50.